The molecule has 0 atom stereocenters. The van der Waals surface area contributed by atoms with E-state index in [1.54, 1.807) is 36.5 Å². The molecule has 2 aromatic heterocycles. The first-order valence-electron chi connectivity index (χ1n) is 6.65. The topological polar surface area (TPSA) is 68.4 Å². The first-order chi connectivity index (χ1) is 10.5. The van der Waals surface area contributed by atoms with Crippen molar-refractivity contribution < 1.29 is 4.79 Å². The van der Waals surface area contributed by atoms with Gasteiger partial charge in [-0.2, -0.15) is 0 Å². The van der Waals surface area contributed by atoms with E-state index in [-0.39, 0.29) is 18.1 Å². The molecular formula is C15H13ClN4O2. The molecule has 2 heterocycles. The Kier molecular flexibility index (Phi) is 3.68. The fourth-order valence-corrected chi connectivity index (χ4v) is 2.30. The average molecular weight is 317 g/mol. The molecule has 3 aromatic rings. The molecule has 0 saturated carbocycles. The number of aryl methyl sites for hydroxylation is 1. The number of hydrogen-bond acceptors (Lipinski definition) is 3. The van der Waals surface area contributed by atoms with Crippen molar-refractivity contribution in [3.63, 3.8) is 0 Å². The molecule has 0 aliphatic carbocycles. The molecule has 1 N–H and O–H groups in total. The van der Waals surface area contributed by atoms with Crippen molar-refractivity contribution in [1.29, 1.82) is 0 Å². The Balaban J connectivity index is 1.83. The Morgan fingerprint density at radius 2 is 2.14 bits per heavy atom. The highest BCUT2D eigenvalue weighted by Gasteiger charge is 2.11. The molecule has 3 rings (SSSR count). The minimum Gasteiger partial charge on any atom is -0.324 e. The maximum absolute atomic E-state index is 12.1. The fraction of sp³-hybridized carbons (Fsp3) is 0.133. The summed E-state index contributed by atoms with van der Waals surface area (Å²) in [6.07, 6.45) is 1.61. The lowest BCUT2D eigenvalue weighted by atomic mass is 10.2. The van der Waals surface area contributed by atoms with Crippen molar-refractivity contribution >= 4 is 28.8 Å². The predicted molar refractivity (Wildman–Crippen MR) is 84.3 cm³/mol. The van der Waals surface area contributed by atoms with Crippen LogP contribution in [0.5, 0.6) is 0 Å². The van der Waals surface area contributed by atoms with Crippen molar-refractivity contribution in [3.05, 3.63) is 63.7 Å². The fourth-order valence-electron chi connectivity index (χ4n) is 2.13. The molecule has 0 bridgehead atoms. The zero-order valence-corrected chi connectivity index (χ0v) is 12.5. The Morgan fingerprint density at radius 1 is 1.32 bits per heavy atom. The Bertz CT molecular complexity index is 913. The summed E-state index contributed by atoms with van der Waals surface area (Å²) in [7, 11) is 0. The molecule has 112 valence electrons. The van der Waals surface area contributed by atoms with Crippen molar-refractivity contribution in [2.75, 3.05) is 5.32 Å². The van der Waals surface area contributed by atoms with Crippen LogP contribution in [0, 0.1) is 6.92 Å². The lowest BCUT2D eigenvalue weighted by molar-refractivity contribution is -0.117. The number of nitrogens with zero attached hydrogens (tertiary/aromatic N) is 3. The van der Waals surface area contributed by atoms with Crippen LogP contribution in [0.3, 0.4) is 0 Å². The Hall–Kier alpha value is -2.60. The van der Waals surface area contributed by atoms with Gasteiger partial charge in [0.25, 0.3) is 0 Å². The second-order valence-electron chi connectivity index (χ2n) is 4.88. The molecule has 0 aliphatic heterocycles. The molecule has 6 nitrogen and oxygen atoms in total. The van der Waals surface area contributed by atoms with Crippen LogP contribution in [0.4, 0.5) is 5.69 Å². The van der Waals surface area contributed by atoms with E-state index in [4.69, 9.17) is 11.6 Å². The maximum atomic E-state index is 12.1. The number of carbonyl (C=O) groups excluding carboxylic acids is 1. The third kappa shape index (κ3) is 2.73. The average Bonchev–Trinajstić information content (AvgIpc) is 2.80. The molecule has 1 amide bonds. The van der Waals surface area contributed by atoms with E-state index < -0.39 is 0 Å². The summed E-state index contributed by atoms with van der Waals surface area (Å²) < 4.78 is 2.52. The van der Waals surface area contributed by atoms with Gasteiger partial charge < -0.3 is 5.32 Å². The van der Waals surface area contributed by atoms with E-state index in [0.29, 0.717) is 16.4 Å². The lowest BCUT2D eigenvalue weighted by Crippen LogP contribution is -2.28. The first-order valence-corrected chi connectivity index (χ1v) is 7.02. The lowest BCUT2D eigenvalue weighted by Gasteiger charge is -2.08. The third-order valence-corrected chi connectivity index (χ3v) is 3.49. The number of benzene rings is 1. The summed E-state index contributed by atoms with van der Waals surface area (Å²) in [6, 6.07) is 10.4. The normalized spacial score (nSPS) is 10.8. The van der Waals surface area contributed by atoms with Gasteiger partial charge in [0.15, 0.2) is 5.65 Å². The maximum Gasteiger partial charge on any atom is 0.350 e. The highest BCUT2D eigenvalue weighted by Crippen LogP contribution is 2.20. The molecule has 0 spiro atoms. The second-order valence-corrected chi connectivity index (χ2v) is 5.31. The van der Waals surface area contributed by atoms with Crippen molar-refractivity contribution in [2.45, 2.75) is 13.5 Å². The van der Waals surface area contributed by atoms with Crippen LogP contribution in [-0.4, -0.2) is 20.1 Å². The number of pyridine rings is 1. The third-order valence-electron chi connectivity index (χ3n) is 3.26. The van der Waals surface area contributed by atoms with Crippen LogP contribution in [0.15, 0.2) is 47.4 Å². The number of carbonyl (C=O) groups is 1. The molecule has 22 heavy (non-hydrogen) atoms. The smallest absolute Gasteiger partial charge is 0.324 e. The number of fused-ring (bicyclic) bond motifs is 1. The summed E-state index contributed by atoms with van der Waals surface area (Å²) in [5.74, 6) is -0.337. The van der Waals surface area contributed by atoms with Gasteiger partial charge in [-0.25, -0.2) is 9.48 Å². The molecule has 0 fully saturated rings. The van der Waals surface area contributed by atoms with Gasteiger partial charge in [-0.1, -0.05) is 23.7 Å². The second kappa shape index (κ2) is 5.65. The molecule has 0 saturated heterocycles. The van der Waals surface area contributed by atoms with Crippen molar-refractivity contribution in [2.24, 2.45) is 0 Å². The Labute approximate surface area is 130 Å². The number of hydrogen-bond donors (Lipinski definition) is 1. The SMILES string of the molecule is Cc1ccc(Cl)cc1NC(=O)Cn1nc2ccccn2c1=O. The number of nitrogens with one attached hydrogen (secondary N) is 1. The Morgan fingerprint density at radius 3 is 2.91 bits per heavy atom. The van der Waals surface area contributed by atoms with Gasteiger partial charge >= 0.3 is 5.69 Å². The molecule has 0 radical (unpaired) electrons. The van der Waals surface area contributed by atoms with Crippen LogP contribution < -0.4 is 11.0 Å². The zero-order chi connectivity index (χ0) is 15.7. The van der Waals surface area contributed by atoms with Crippen molar-refractivity contribution in [3.8, 4) is 0 Å². The van der Waals surface area contributed by atoms with E-state index in [1.165, 1.54) is 4.40 Å². The zero-order valence-electron chi connectivity index (χ0n) is 11.8. The van der Waals surface area contributed by atoms with Gasteiger partial charge in [0.2, 0.25) is 5.91 Å². The predicted octanol–water partition coefficient (Wildman–Crippen LogP) is 2.10. The highest BCUT2D eigenvalue weighted by atomic mass is 35.5. The molecule has 0 unspecified atom stereocenters. The van der Waals surface area contributed by atoms with E-state index >= 15 is 0 Å². The summed E-state index contributed by atoms with van der Waals surface area (Å²) in [4.78, 5) is 24.2. The summed E-state index contributed by atoms with van der Waals surface area (Å²) in [6.45, 7) is 1.70. The van der Waals surface area contributed by atoms with Crippen molar-refractivity contribution in [1.82, 2.24) is 14.2 Å². The minimum absolute atomic E-state index is 0.160. The van der Waals surface area contributed by atoms with Gasteiger partial charge in [-0.3, -0.25) is 9.20 Å². The summed E-state index contributed by atoms with van der Waals surface area (Å²) in [5.41, 5.74) is 1.65. The van der Waals surface area contributed by atoms with Gasteiger partial charge in [0.05, 0.1) is 0 Å². The van der Waals surface area contributed by atoms with E-state index in [2.05, 4.69) is 10.4 Å². The largest absolute Gasteiger partial charge is 0.350 e. The number of aromatic nitrogens is 3. The van der Waals surface area contributed by atoms with Gasteiger partial charge in [-0.15, -0.1) is 5.10 Å². The van der Waals surface area contributed by atoms with Crippen LogP contribution in [0.1, 0.15) is 5.56 Å². The minimum atomic E-state index is -0.353. The number of amides is 1. The quantitative estimate of drug-likeness (QED) is 0.804. The standard InChI is InChI=1S/C15H13ClN4O2/c1-10-5-6-11(16)8-12(10)17-14(21)9-20-15(22)19-7-3-2-4-13(19)18-20/h2-8H,9H2,1H3,(H,17,21). The van der Waals surface area contributed by atoms with Crippen LogP contribution in [0.2, 0.25) is 5.02 Å². The van der Waals surface area contributed by atoms with E-state index in [1.807, 2.05) is 13.0 Å². The van der Waals surface area contributed by atoms with Crippen LogP contribution in [-0.2, 0) is 11.3 Å². The molecule has 7 heteroatoms. The summed E-state index contributed by atoms with van der Waals surface area (Å²) in [5, 5.41) is 7.39. The highest BCUT2D eigenvalue weighted by molar-refractivity contribution is 6.31. The van der Waals surface area contributed by atoms with Crippen LogP contribution in [0.25, 0.3) is 5.65 Å². The van der Waals surface area contributed by atoms with Gasteiger partial charge in [0.1, 0.15) is 6.54 Å². The molecule has 0 aliphatic rings. The number of halogens is 1. The molecule has 1 aromatic carbocycles. The summed E-state index contributed by atoms with van der Waals surface area (Å²) >= 11 is 5.92. The van der Waals surface area contributed by atoms with Gasteiger partial charge in [0, 0.05) is 16.9 Å². The number of rotatable bonds is 3. The van der Waals surface area contributed by atoms with Gasteiger partial charge in [-0.05, 0) is 36.8 Å². The van der Waals surface area contributed by atoms with E-state index in [0.717, 1.165) is 10.2 Å². The number of anilines is 1. The molecular weight excluding hydrogens is 304 g/mol. The monoisotopic (exact) mass is 316 g/mol. The van der Waals surface area contributed by atoms with Crippen LogP contribution >= 0.6 is 11.6 Å². The first kappa shape index (κ1) is 14.3. The van der Waals surface area contributed by atoms with E-state index in [9.17, 15) is 9.59 Å².